The van der Waals surface area contributed by atoms with E-state index in [1.807, 2.05) is 13.8 Å². The number of amides is 6. The number of carboxylic acids is 2. The number of aliphatic carboxylic acids is 2. The fourth-order valence-corrected chi connectivity index (χ4v) is 6.72. The lowest BCUT2D eigenvalue weighted by Crippen LogP contribution is -2.61. The SMILES string of the molecule is CCCC(=O)[C@H](CC)NC(=O)[C@H](CC1CCCCC1)NC(=O)[C@@H](NC(=O)[C@H](CC(C)C)NC(=O)[C@@H](CCC(=O)O)NC(=O)[C@H](CC(=O)O)NC(C)=O)[C@@H](C)CC. The minimum atomic E-state index is -1.57. The maximum absolute atomic E-state index is 14.1. The Morgan fingerprint density at radius 3 is 1.64 bits per heavy atom. The molecule has 1 rings (SSSR count). The molecule has 0 aromatic rings. The van der Waals surface area contributed by atoms with Gasteiger partial charge in [0.05, 0.1) is 12.5 Å². The third-order valence-corrected chi connectivity index (χ3v) is 10.0. The minimum absolute atomic E-state index is 0.0798. The number of carboxylic acid groups (broad SMARTS) is 2. The van der Waals surface area contributed by atoms with E-state index >= 15 is 0 Å². The van der Waals surface area contributed by atoms with Gasteiger partial charge >= 0.3 is 11.9 Å². The van der Waals surface area contributed by atoms with Crippen LogP contribution in [0.25, 0.3) is 0 Å². The highest BCUT2D eigenvalue weighted by molar-refractivity contribution is 5.97. The van der Waals surface area contributed by atoms with Crippen LogP contribution in [0.4, 0.5) is 0 Å². The molecule has 0 saturated heterocycles. The molecule has 1 aliphatic rings. The average molecular weight is 795 g/mol. The molecule has 56 heavy (non-hydrogen) atoms. The van der Waals surface area contributed by atoms with Gasteiger partial charge in [0.25, 0.3) is 0 Å². The lowest BCUT2D eigenvalue weighted by Gasteiger charge is -2.31. The van der Waals surface area contributed by atoms with Crippen LogP contribution in [0.3, 0.4) is 0 Å². The lowest BCUT2D eigenvalue weighted by molar-refractivity contribution is -0.141. The molecule has 0 aromatic carbocycles. The summed E-state index contributed by atoms with van der Waals surface area (Å²) in [6.45, 7) is 11.9. The van der Waals surface area contributed by atoms with E-state index in [-0.39, 0.29) is 24.0 Å². The Labute approximate surface area is 330 Å². The topological polar surface area (TPSA) is 266 Å². The first-order valence-corrected chi connectivity index (χ1v) is 20.1. The first kappa shape index (κ1) is 49.4. The van der Waals surface area contributed by atoms with Crippen molar-refractivity contribution in [3.8, 4) is 0 Å². The van der Waals surface area contributed by atoms with Crippen molar-refractivity contribution < 1.29 is 53.4 Å². The Bertz CT molecular complexity index is 1350. The van der Waals surface area contributed by atoms with Gasteiger partial charge < -0.3 is 42.1 Å². The molecule has 0 unspecified atom stereocenters. The maximum atomic E-state index is 14.1. The molecule has 0 heterocycles. The number of ketones is 1. The van der Waals surface area contributed by atoms with Crippen LogP contribution in [-0.2, 0) is 43.2 Å². The highest BCUT2D eigenvalue weighted by Gasteiger charge is 2.36. The number of carbonyl (C=O) groups is 9. The molecule has 1 fully saturated rings. The van der Waals surface area contributed by atoms with Crippen LogP contribution in [0.1, 0.15) is 138 Å². The summed E-state index contributed by atoms with van der Waals surface area (Å²) in [7, 11) is 0. The fraction of sp³-hybridized carbons (Fsp3) is 0.769. The molecule has 0 aliphatic heterocycles. The van der Waals surface area contributed by atoms with E-state index in [0.29, 0.717) is 32.1 Å². The summed E-state index contributed by atoms with van der Waals surface area (Å²) in [6, 6.07) is -7.16. The molecule has 0 bridgehead atoms. The van der Waals surface area contributed by atoms with Crippen LogP contribution in [-0.4, -0.2) is 99.6 Å². The number of carbonyl (C=O) groups excluding carboxylic acids is 7. The van der Waals surface area contributed by atoms with Gasteiger partial charge in [-0.2, -0.15) is 0 Å². The Morgan fingerprint density at radius 1 is 0.589 bits per heavy atom. The summed E-state index contributed by atoms with van der Waals surface area (Å²) in [4.78, 5) is 116. The summed E-state index contributed by atoms with van der Waals surface area (Å²) in [6.07, 6.45) is 5.33. The van der Waals surface area contributed by atoms with Crippen LogP contribution < -0.4 is 31.9 Å². The normalized spacial score (nSPS) is 16.8. The van der Waals surface area contributed by atoms with Crippen molar-refractivity contribution in [1.82, 2.24) is 31.9 Å². The summed E-state index contributed by atoms with van der Waals surface area (Å²) in [5.74, 6) is -7.70. The smallest absolute Gasteiger partial charge is 0.305 e. The number of hydrogen-bond donors (Lipinski definition) is 8. The van der Waals surface area contributed by atoms with Gasteiger partial charge in [0, 0.05) is 19.8 Å². The predicted octanol–water partition coefficient (Wildman–Crippen LogP) is 2.10. The number of nitrogens with one attached hydrogen (secondary N) is 6. The van der Waals surface area contributed by atoms with Gasteiger partial charge in [0.15, 0.2) is 5.78 Å². The van der Waals surface area contributed by atoms with Gasteiger partial charge in [0.2, 0.25) is 35.4 Å². The van der Waals surface area contributed by atoms with Crippen molar-refractivity contribution in [2.75, 3.05) is 0 Å². The van der Waals surface area contributed by atoms with E-state index in [2.05, 4.69) is 31.9 Å². The zero-order valence-electron chi connectivity index (χ0n) is 34.2. The molecule has 0 aromatic heterocycles. The third-order valence-electron chi connectivity index (χ3n) is 10.0. The molecule has 1 saturated carbocycles. The minimum Gasteiger partial charge on any atom is -0.481 e. The first-order chi connectivity index (χ1) is 26.3. The fourth-order valence-electron chi connectivity index (χ4n) is 6.72. The van der Waals surface area contributed by atoms with Crippen LogP contribution in [0, 0.1) is 17.8 Å². The van der Waals surface area contributed by atoms with Crippen LogP contribution in [0.15, 0.2) is 0 Å². The summed E-state index contributed by atoms with van der Waals surface area (Å²) >= 11 is 0. The Kier molecular flexibility index (Phi) is 22.6. The van der Waals surface area contributed by atoms with E-state index in [1.54, 1.807) is 27.7 Å². The van der Waals surface area contributed by atoms with Crippen molar-refractivity contribution in [1.29, 1.82) is 0 Å². The van der Waals surface area contributed by atoms with Crippen molar-refractivity contribution in [2.24, 2.45) is 17.8 Å². The Morgan fingerprint density at radius 2 is 1.12 bits per heavy atom. The van der Waals surface area contributed by atoms with E-state index in [0.717, 1.165) is 39.0 Å². The van der Waals surface area contributed by atoms with Crippen LogP contribution in [0.2, 0.25) is 0 Å². The molecule has 17 nitrogen and oxygen atoms in total. The summed E-state index contributed by atoms with van der Waals surface area (Å²) in [5.41, 5.74) is 0. The van der Waals surface area contributed by atoms with E-state index in [4.69, 9.17) is 0 Å². The highest BCUT2D eigenvalue weighted by atomic mass is 16.4. The van der Waals surface area contributed by atoms with Crippen LogP contribution in [0.5, 0.6) is 0 Å². The second-order valence-corrected chi connectivity index (χ2v) is 15.4. The second-order valence-electron chi connectivity index (χ2n) is 15.4. The van der Waals surface area contributed by atoms with E-state index in [9.17, 15) is 53.4 Å². The molecule has 17 heteroatoms. The van der Waals surface area contributed by atoms with Gasteiger partial charge in [-0.1, -0.05) is 80.1 Å². The van der Waals surface area contributed by atoms with Crippen LogP contribution >= 0.6 is 0 Å². The second kappa shape index (κ2) is 25.6. The predicted molar refractivity (Wildman–Crippen MR) is 207 cm³/mol. The van der Waals surface area contributed by atoms with E-state index in [1.165, 1.54) is 0 Å². The van der Waals surface area contributed by atoms with Crippen molar-refractivity contribution >= 4 is 53.2 Å². The molecule has 318 valence electrons. The Balaban J connectivity index is 3.37. The molecule has 0 radical (unpaired) electrons. The van der Waals surface area contributed by atoms with Crippen molar-refractivity contribution in [3.05, 3.63) is 0 Å². The first-order valence-electron chi connectivity index (χ1n) is 20.1. The largest absolute Gasteiger partial charge is 0.481 e. The number of hydrogen-bond acceptors (Lipinski definition) is 9. The molecular weight excluding hydrogens is 728 g/mol. The molecule has 7 atom stereocenters. The highest BCUT2D eigenvalue weighted by Crippen LogP contribution is 2.27. The molecule has 6 amide bonds. The lowest BCUT2D eigenvalue weighted by atomic mass is 9.84. The number of rotatable bonds is 26. The van der Waals surface area contributed by atoms with E-state index < -0.39 is 109 Å². The van der Waals surface area contributed by atoms with Crippen molar-refractivity contribution in [3.63, 3.8) is 0 Å². The quantitative estimate of drug-likeness (QED) is 0.0629. The Hall–Kier alpha value is -4.57. The van der Waals surface area contributed by atoms with Gasteiger partial charge in [-0.05, 0) is 49.9 Å². The molecular formula is C39H66N6O11. The van der Waals surface area contributed by atoms with Gasteiger partial charge in [-0.25, -0.2) is 0 Å². The summed E-state index contributed by atoms with van der Waals surface area (Å²) in [5, 5.41) is 34.1. The monoisotopic (exact) mass is 794 g/mol. The van der Waals surface area contributed by atoms with Gasteiger partial charge in [-0.3, -0.25) is 43.2 Å². The van der Waals surface area contributed by atoms with Gasteiger partial charge in [0.1, 0.15) is 30.2 Å². The zero-order chi connectivity index (χ0) is 42.5. The van der Waals surface area contributed by atoms with Crippen molar-refractivity contribution in [2.45, 2.75) is 175 Å². The zero-order valence-corrected chi connectivity index (χ0v) is 34.2. The molecule has 0 spiro atoms. The van der Waals surface area contributed by atoms with Gasteiger partial charge in [-0.15, -0.1) is 0 Å². The maximum Gasteiger partial charge on any atom is 0.305 e. The third kappa shape index (κ3) is 18.4. The summed E-state index contributed by atoms with van der Waals surface area (Å²) < 4.78 is 0. The molecule has 1 aliphatic carbocycles. The molecule has 8 N–H and O–H groups in total. The standard InChI is InChI=1S/C39H66N6O11/c1-8-14-31(47)26(10-3)41-36(53)29(20-25-15-12-11-13-16-25)44-39(56)34(23(6)9-2)45-38(55)28(19-22(4)5)43-35(52)27(17-18-32(48)49)42-37(54)30(21-33(50)51)40-24(7)46/h22-23,25-30,34H,8-21H2,1-7H3,(H,40,46)(H,41,53)(H,42,54)(H,43,52)(H,44,56)(H,45,55)(H,48,49)(H,50,51)/t23-,26-,27+,28-,29-,30-,34-/m0/s1. The average Bonchev–Trinajstić information content (AvgIpc) is 3.12. The number of Topliss-reactive ketones (excluding diaryl/α,β-unsaturated/α-hetero) is 1.